The average molecular weight is 216 g/mol. The largest absolute Gasteiger partial charge is 0.493 e. The van der Waals surface area contributed by atoms with E-state index in [4.69, 9.17) is 10.5 Å². The van der Waals surface area contributed by atoms with Gasteiger partial charge in [0.15, 0.2) is 5.82 Å². The Morgan fingerprint density at radius 1 is 1.25 bits per heavy atom. The van der Waals surface area contributed by atoms with Crippen molar-refractivity contribution in [2.45, 2.75) is 6.92 Å². The summed E-state index contributed by atoms with van der Waals surface area (Å²) in [6.45, 7) is 2.52. The highest BCUT2D eigenvalue weighted by molar-refractivity contribution is 5.64. The van der Waals surface area contributed by atoms with Crippen molar-refractivity contribution in [2.24, 2.45) is 0 Å². The number of rotatable bonds is 3. The Kier molecular flexibility index (Phi) is 2.95. The summed E-state index contributed by atoms with van der Waals surface area (Å²) in [5.41, 5.74) is 6.33. The summed E-state index contributed by atoms with van der Waals surface area (Å²) < 4.78 is 5.49. The molecule has 0 atom stereocenters. The lowest BCUT2D eigenvalue weighted by Gasteiger charge is -2.08. The predicted octanol–water partition coefficient (Wildman–Crippen LogP) is 1.52. The van der Waals surface area contributed by atoms with Crippen molar-refractivity contribution in [3.63, 3.8) is 0 Å². The van der Waals surface area contributed by atoms with Gasteiger partial charge in [-0.05, 0) is 19.1 Å². The van der Waals surface area contributed by atoms with E-state index in [0.29, 0.717) is 12.4 Å². The van der Waals surface area contributed by atoms with Crippen LogP contribution in [0.3, 0.4) is 0 Å². The van der Waals surface area contributed by atoms with Gasteiger partial charge < -0.3 is 10.5 Å². The lowest BCUT2D eigenvalue weighted by Crippen LogP contribution is -2.00. The molecule has 0 saturated carbocycles. The molecule has 0 radical (unpaired) electrons. The number of nitrogens with zero attached hydrogens (tertiary/aromatic N) is 3. The minimum Gasteiger partial charge on any atom is -0.493 e. The van der Waals surface area contributed by atoms with Gasteiger partial charge >= 0.3 is 0 Å². The quantitative estimate of drug-likeness (QED) is 0.841. The topological polar surface area (TPSA) is 73.9 Å². The summed E-state index contributed by atoms with van der Waals surface area (Å²) in [5, 5.41) is 0. The van der Waals surface area contributed by atoms with Crippen LogP contribution in [0, 0.1) is 0 Å². The molecule has 0 bridgehead atoms. The van der Waals surface area contributed by atoms with E-state index in [2.05, 4.69) is 15.0 Å². The summed E-state index contributed by atoms with van der Waals surface area (Å²) in [4.78, 5) is 11.9. The monoisotopic (exact) mass is 216 g/mol. The molecule has 0 aliphatic rings. The Labute approximate surface area is 93.3 Å². The molecule has 0 amide bonds. The average Bonchev–Trinajstić information content (AvgIpc) is 2.30. The molecule has 0 aliphatic heterocycles. The minimum atomic E-state index is 0.205. The van der Waals surface area contributed by atoms with Crippen LogP contribution < -0.4 is 10.5 Å². The molecule has 0 saturated heterocycles. The molecule has 2 aromatic rings. The molecular weight excluding hydrogens is 204 g/mol. The summed E-state index contributed by atoms with van der Waals surface area (Å²) in [7, 11) is 0. The van der Waals surface area contributed by atoms with Gasteiger partial charge in [0.25, 0.3) is 0 Å². The maximum atomic E-state index is 5.52. The molecule has 1 heterocycles. The van der Waals surface area contributed by atoms with E-state index in [1.807, 2.05) is 31.2 Å². The van der Waals surface area contributed by atoms with Crippen LogP contribution in [0.4, 0.5) is 5.95 Å². The van der Waals surface area contributed by atoms with E-state index in [0.717, 1.165) is 11.3 Å². The third kappa shape index (κ3) is 2.08. The second-order valence-corrected chi connectivity index (χ2v) is 3.10. The maximum absolute atomic E-state index is 5.52. The standard InChI is InChI=1S/C11H12N4O/c1-2-16-9-6-4-3-5-8(9)10-13-7-14-11(12)15-10/h3-7H,2H2,1H3,(H2,12,13,14,15). The van der Waals surface area contributed by atoms with E-state index in [1.54, 1.807) is 0 Å². The highest BCUT2D eigenvalue weighted by Crippen LogP contribution is 2.26. The van der Waals surface area contributed by atoms with Crippen molar-refractivity contribution in [1.29, 1.82) is 0 Å². The van der Waals surface area contributed by atoms with Crippen LogP contribution in [-0.4, -0.2) is 21.6 Å². The van der Waals surface area contributed by atoms with Crippen molar-refractivity contribution in [1.82, 2.24) is 15.0 Å². The first kappa shape index (κ1) is 10.4. The number of ether oxygens (including phenoxy) is 1. The third-order valence-corrected chi connectivity index (χ3v) is 2.02. The SMILES string of the molecule is CCOc1ccccc1-c1ncnc(N)n1. The molecule has 16 heavy (non-hydrogen) atoms. The minimum absolute atomic E-state index is 0.205. The lowest BCUT2D eigenvalue weighted by molar-refractivity contribution is 0.341. The fourth-order valence-electron chi connectivity index (χ4n) is 1.37. The molecule has 0 fully saturated rings. The molecule has 2 N–H and O–H groups in total. The van der Waals surface area contributed by atoms with Crippen molar-refractivity contribution < 1.29 is 4.74 Å². The Morgan fingerprint density at radius 3 is 2.81 bits per heavy atom. The molecule has 82 valence electrons. The number of anilines is 1. The van der Waals surface area contributed by atoms with Crippen LogP contribution in [0.25, 0.3) is 11.4 Å². The van der Waals surface area contributed by atoms with Gasteiger partial charge in [0.05, 0.1) is 12.2 Å². The predicted molar refractivity (Wildman–Crippen MR) is 60.8 cm³/mol. The van der Waals surface area contributed by atoms with Crippen LogP contribution >= 0.6 is 0 Å². The summed E-state index contributed by atoms with van der Waals surface area (Å²) in [5.74, 6) is 1.48. The second kappa shape index (κ2) is 4.57. The normalized spacial score (nSPS) is 10.1. The molecule has 0 spiro atoms. The fourth-order valence-corrected chi connectivity index (χ4v) is 1.37. The van der Waals surface area contributed by atoms with Crippen molar-refractivity contribution in [3.8, 4) is 17.1 Å². The van der Waals surface area contributed by atoms with Gasteiger partial charge in [-0.3, -0.25) is 0 Å². The van der Waals surface area contributed by atoms with Gasteiger partial charge in [-0.2, -0.15) is 4.98 Å². The molecule has 0 aliphatic carbocycles. The fraction of sp³-hybridized carbons (Fsp3) is 0.182. The summed E-state index contributed by atoms with van der Waals surface area (Å²) >= 11 is 0. The molecule has 5 heteroatoms. The van der Waals surface area contributed by atoms with Gasteiger partial charge in [-0.25, -0.2) is 9.97 Å². The van der Waals surface area contributed by atoms with E-state index in [1.165, 1.54) is 6.33 Å². The Bertz CT molecular complexity index is 487. The Hall–Kier alpha value is -2.17. The maximum Gasteiger partial charge on any atom is 0.223 e. The number of benzene rings is 1. The molecule has 0 unspecified atom stereocenters. The van der Waals surface area contributed by atoms with Crippen molar-refractivity contribution in [2.75, 3.05) is 12.3 Å². The Balaban J connectivity index is 2.46. The highest BCUT2D eigenvalue weighted by atomic mass is 16.5. The van der Waals surface area contributed by atoms with Gasteiger partial charge in [0.2, 0.25) is 5.95 Å². The zero-order valence-electron chi connectivity index (χ0n) is 8.92. The summed E-state index contributed by atoms with van der Waals surface area (Å²) in [6.07, 6.45) is 1.39. The van der Waals surface area contributed by atoms with Crippen molar-refractivity contribution >= 4 is 5.95 Å². The number of nitrogen functional groups attached to an aromatic ring is 1. The van der Waals surface area contributed by atoms with Gasteiger partial charge in [-0.1, -0.05) is 12.1 Å². The van der Waals surface area contributed by atoms with Crippen LogP contribution in [0.5, 0.6) is 5.75 Å². The highest BCUT2D eigenvalue weighted by Gasteiger charge is 2.08. The van der Waals surface area contributed by atoms with Gasteiger partial charge in [0, 0.05) is 0 Å². The van der Waals surface area contributed by atoms with Crippen LogP contribution in [0.15, 0.2) is 30.6 Å². The van der Waals surface area contributed by atoms with Gasteiger partial charge in [0.1, 0.15) is 12.1 Å². The zero-order chi connectivity index (χ0) is 11.4. The Morgan fingerprint density at radius 2 is 2.06 bits per heavy atom. The molecule has 1 aromatic carbocycles. The molecular formula is C11H12N4O. The van der Waals surface area contributed by atoms with Crippen LogP contribution in [0.1, 0.15) is 6.92 Å². The smallest absolute Gasteiger partial charge is 0.223 e. The first-order chi connectivity index (χ1) is 7.81. The molecule has 5 nitrogen and oxygen atoms in total. The van der Waals surface area contributed by atoms with E-state index >= 15 is 0 Å². The summed E-state index contributed by atoms with van der Waals surface area (Å²) in [6, 6.07) is 7.56. The van der Waals surface area contributed by atoms with E-state index in [-0.39, 0.29) is 5.95 Å². The van der Waals surface area contributed by atoms with Crippen LogP contribution in [0.2, 0.25) is 0 Å². The van der Waals surface area contributed by atoms with Crippen LogP contribution in [-0.2, 0) is 0 Å². The molecule has 2 rings (SSSR count). The van der Waals surface area contributed by atoms with Gasteiger partial charge in [-0.15, -0.1) is 0 Å². The number of para-hydroxylation sites is 1. The second-order valence-electron chi connectivity index (χ2n) is 3.10. The van der Waals surface area contributed by atoms with Crippen molar-refractivity contribution in [3.05, 3.63) is 30.6 Å². The van der Waals surface area contributed by atoms with E-state index < -0.39 is 0 Å². The lowest BCUT2D eigenvalue weighted by atomic mass is 10.2. The number of nitrogens with two attached hydrogens (primary N) is 1. The number of hydrogen-bond donors (Lipinski definition) is 1. The number of aromatic nitrogens is 3. The first-order valence-corrected chi connectivity index (χ1v) is 4.98. The first-order valence-electron chi connectivity index (χ1n) is 4.98. The van der Waals surface area contributed by atoms with E-state index in [9.17, 15) is 0 Å². The third-order valence-electron chi connectivity index (χ3n) is 2.02. The number of hydrogen-bond acceptors (Lipinski definition) is 5. The zero-order valence-corrected chi connectivity index (χ0v) is 8.92. The molecule has 1 aromatic heterocycles.